The molecule has 0 heterocycles. The first-order chi connectivity index (χ1) is 11.9. The average Bonchev–Trinajstić information content (AvgIpc) is 2.58. The summed E-state index contributed by atoms with van der Waals surface area (Å²) in [7, 11) is 0. The summed E-state index contributed by atoms with van der Waals surface area (Å²) in [6.45, 7) is 4.40. The highest BCUT2D eigenvalue weighted by atomic mass is 35.5. The lowest BCUT2D eigenvalue weighted by Gasteiger charge is -2.10. The Morgan fingerprint density at radius 2 is 1.96 bits per heavy atom. The van der Waals surface area contributed by atoms with E-state index in [4.69, 9.17) is 16.3 Å². The van der Waals surface area contributed by atoms with Crippen LogP contribution < -0.4 is 10.1 Å². The van der Waals surface area contributed by atoms with Crippen molar-refractivity contribution in [1.29, 1.82) is 0 Å². The molecule has 2 aromatic rings. The van der Waals surface area contributed by atoms with Crippen LogP contribution in [-0.4, -0.2) is 17.4 Å². The minimum absolute atomic E-state index is 0.0226. The molecule has 0 aliphatic heterocycles. The summed E-state index contributed by atoms with van der Waals surface area (Å²) < 4.78 is 5.56. The number of nitrogens with zero attached hydrogens (tertiary/aromatic N) is 1. The smallest absolute Gasteiger partial charge is 0.288 e. The molecular formula is C18H19ClN2O4. The van der Waals surface area contributed by atoms with E-state index in [1.807, 2.05) is 0 Å². The van der Waals surface area contributed by atoms with Gasteiger partial charge in [-0.3, -0.25) is 14.9 Å². The quantitative estimate of drug-likeness (QED) is 0.427. The normalized spacial score (nSPS) is 10.4. The van der Waals surface area contributed by atoms with E-state index in [1.165, 1.54) is 12.1 Å². The Hall–Kier alpha value is -2.60. The number of ether oxygens (including phenoxy) is 1. The topological polar surface area (TPSA) is 81.5 Å². The van der Waals surface area contributed by atoms with Gasteiger partial charge in [0.1, 0.15) is 10.8 Å². The number of nitrogens with one attached hydrogen (secondary N) is 1. The van der Waals surface area contributed by atoms with Crippen molar-refractivity contribution in [2.45, 2.75) is 26.7 Å². The molecule has 0 saturated carbocycles. The summed E-state index contributed by atoms with van der Waals surface area (Å²) >= 11 is 5.90. The van der Waals surface area contributed by atoms with Crippen molar-refractivity contribution in [2.75, 3.05) is 11.9 Å². The summed E-state index contributed by atoms with van der Waals surface area (Å²) in [5.41, 5.74) is 1.26. The van der Waals surface area contributed by atoms with Gasteiger partial charge in [0.05, 0.1) is 11.5 Å². The number of nitro benzene ring substituents is 1. The molecule has 0 aliphatic rings. The number of anilines is 1. The van der Waals surface area contributed by atoms with Gasteiger partial charge in [0.15, 0.2) is 0 Å². The van der Waals surface area contributed by atoms with Gasteiger partial charge in [0.2, 0.25) is 0 Å². The van der Waals surface area contributed by atoms with E-state index in [9.17, 15) is 14.9 Å². The number of halogens is 1. The lowest BCUT2D eigenvalue weighted by Crippen LogP contribution is -2.13. The summed E-state index contributed by atoms with van der Waals surface area (Å²) in [6.07, 6.45) is 2.03. The SMILES string of the molecule is CCCCOc1ccc(C(=O)Nc2cc(Cl)c([N+](=O)[O-])cc2C)cc1. The van der Waals surface area contributed by atoms with Crippen LogP contribution in [0.1, 0.15) is 35.7 Å². The van der Waals surface area contributed by atoms with Crippen molar-refractivity contribution >= 4 is 28.9 Å². The average molecular weight is 363 g/mol. The third-order valence-electron chi connectivity index (χ3n) is 3.62. The number of hydrogen-bond donors (Lipinski definition) is 1. The lowest BCUT2D eigenvalue weighted by atomic mass is 10.1. The fourth-order valence-electron chi connectivity index (χ4n) is 2.17. The van der Waals surface area contributed by atoms with E-state index in [2.05, 4.69) is 12.2 Å². The third-order valence-corrected chi connectivity index (χ3v) is 3.92. The number of amides is 1. The molecular weight excluding hydrogens is 344 g/mol. The Labute approximate surface area is 150 Å². The van der Waals surface area contributed by atoms with Crippen LogP contribution >= 0.6 is 11.6 Å². The second-order valence-electron chi connectivity index (χ2n) is 5.56. The van der Waals surface area contributed by atoms with Gasteiger partial charge in [-0.15, -0.1) is 0 Å². The van der Waals surface area contributed by atoms with E-state index in [0.29, 0.717) is 29.2 Å². The van der Waals surface area contributed by atoms with Crippen molar-refractivity contribution in [3.63, 3.8) is 0 Å². The molecule has 0 saturated heterocycles. The van der Waals surface area contributed by atoms with Gasteiger partial charge in [-0.25, -0.2) is 0 Å². The molecule has 0 fully saturated rings. The minimum atomic E-state index is -0.557. The number of aryl methyl sites for hydroxylation is 1. The second-order valence-corrected chi connectivity index (χ2v) is 5.96. The summed E-state index contributed by atoms with van der Waals surface area (Å²) in [5.74, 6) is 0.382. The highest BCUT2D eigenvalue weighted by Crippen LogP contribution is 2.30. The van der Waals surface area contributed by atoms with Crippen molar-refractivity contribution in [1.82, 2.24) is 0 Å². The zero-order valence-corrected chi connectivity index (χ0v) is 14.8. The monoisotopic (exact) mass is 362 g/mol. The molecule has 2 aromatic carbocycles. The van der Waals surface area contributed by atoms with Crippen molar-refractivity contribution in [3.8, 4) is 5.75 Å². The molecule has 0 spiro atoms. The largest absolute Gasteiger partial charge is 0.494 e. The fourth-order valence-corrected chi connectivity index (χ4v) is 2.40. The molecule has 2 rings (SSSR count). The first-order valence-electron chi connectivity index (χ1n) is 7.91. The van der Waals surface area contributed by atoms with Crippen LogP contribution in [-0.2, 0) is 0 Å². The Morgan fingerprint density at radius 3 is 2.56 bits per heavy atom. The first kappa shape index (κ1) is 18.7. The van der Waals surface area contributed by atoms with Gasteiger partial charge < -0.3 is 10.1 Å². The Balaban J connectivity index is 2.09. The molecule has 0 unspecified atom stereocenters. The van der Waals surface area contributed by atoms with Gasteiger partial charge in [0.25, 0.3) is 11.6 Å². The zero-order chi connectivity index (χ0) is 18.4. The van der Waals surface area contributed by atoms with Crippen LogP contribution in [0.4, 0.5) is 11.4 Å². The maximum absolute atomic E-state index is 12.3. The predicted molar refractivity (Wildman–Crippen MR) is 97.6 cm³/mol. The fraction of sp³-hybridized carbons (Fsp3) is 0.278. The van der Waals surface area contributed by atoms with Crippen molar-refractivity contribution < 1.29 is 14.5 Å². The first-order valence-corrected chi connectivity index (χ1v) is 8.29. The van der Waals surface area contributed by atoms with Gasteiger partial charge >= 0.3 is 0 Å². The van der Waals surface area contributed by atoms with Crippen LogP contribution in [0.15, 0.2) is 36.4 Å². The van der Waals surface area contributed by atoms with Gasteiger partial charge in [-0.1, -0.05) is 24.9 Å². The molecule has 0 aromatic heterocycles. The number of nitro groups is 1. The molecule has 6 nitrogen and oxygen atoms in total. The summed E-state index contributed by atoms with van der Waals surface area (Å²) in [5, 5.41) is 13.6. The summed E-state index contributed by atoms with van der Waals surface area (Å²) in [4.78, 5) is 22.7. The third kappa shape index (κ3) is 4.93. The van der Waals surface area contributed by atoms with Crippen LogP contribution in [0.25, 0.3) is 0 Å². The van der Waals surface area contributed by atoms with Gasteiger partial charge in [-0.05, 0) is 49.2 Å². The van der Waals surface area contributed by atoms with E-state index < -0.39 is 4.92 Å². The second kappa shape index (κ2) is 8.48. The molecule has 1 N–H and O–H groups in total. The molecule has 0 atom stereocenters. The number of unbranched alkanes of at least 4 members (excludes halogenated alkanes) is 1. The van der Waals surface area contributed by atoms with Crippen LogP contribution in [0.3, 0.4) is 0 Å². The number of hydrogen-bond acceptors (Lipinski definition) is 4. The van der Waals surface area contributed by atoms with Crippen LogP contribution in [0, 0.1) is 17.0 Å². The van der Waals surface area contributed by atoms with Gasteiger partial charge in [-0.2, -0.15) is 0 Å². The zero-order valence-electron chi connectivity index (χ0n) is 14.0. The number of rotatable bonds is 7. The maximum atomic E-state index is 12.3. The minimum Gasteiger partial charge on any atom is -0.494 e. The molecule has 1 amide bonds. The lowest BCUT2D eigenvalue weighted by molar-refractivity contribution is -0.384. The van der Waals surface area contributed by atoms with Crippen molar-refractivity contribution in [2.24, 2.45) is 0 Å². The number of benzene rings is 2. The summed E-state index contributed by atoms with van der Waals surface area (Å²) in [6, 6.07) is 9.52. The van der Waals surface area contributed by atoms with E-state index in [-0.39, 0.29) is 16.6 Å². The maximum Gasteiger partial charge on any atom is 0.288 e. The van der Waals surface area contributed by atoms with Gasteiger partial charge in [0, 0.05) is 17.3 Å². The van der Waals surface area contributed by atoms with E-state index in [1.54, 1.807) is 31.2 Å². The molecule has 0 bridgehead atoms. The molecule has 25 heavy (non-hydrogen) atoms. The Kier molecular flexibility index (Phi) is 6.36. The standard InChI is InChI=1S/C18H19ClN2O4/c1-3-4-9-25-14-7-5-13(6-8-14)18(22)20-16-11-15(19)17(21(23)24)10-12(16)2/h5-8,10-11H,3-4,9H2,1-2H3,(H,20,22). The number of carbonyl (C=O) groups excluding carboxylic acids is 1. The van der Waals surface area contributed by atoms with Crippen LogP contribution in [0.2, 0.25) is 5.02 Å². The Bertz CT molecular complexity index is 775. The molecule has 0 radical (unpaired) electrons. The number of carbonyl (C=O) groups is 1. The molecule has 0 aliphatic carbocycles. The van der Waals surface area contributed by atoms with Crippen LogP contribution in [0.5, 0.6) is 5.75 Å². The van der Waals surface area contributed by atoms with E-state index in [0.717, 1.165) is 12.8 Å². The van der Waals surface area contributed by atoms with E-state index >= 15 is 0 Å². The molecule has 7 heteroatoms. The molecule has 132 valence electrons. The Morgan fingerprint density at radius 1 is 1.28 bits per heavy atom. The highest BCUT2D eigenvalue weighted by Gasteiger charge is 2.16. The highest BCUT2D eigenvalue weighted by molar-refractivity contribution is 6.33. The predicted octanol–water partition coefficient (Wildman–Crippen LogP) is 4.99. The van der Waals surface area contributed by atoms with Crippen molar-refractivity contribution in [3.05, 3.63) is 62.7 Å².